The average molecular weight is 647 g/mol. The molecule has 1 unspecified atom stereocenters. The third kappa shape index (κ3) is 2.84. The van der Waals surface area contributed by atoms with Crippen LogP contribution >= 0.6 is 23.0 Å². The first-order valence-electron chi connectivity index (χ1n) is 14.1. The average Bonchev–Trinajstić information content (AvgIpc) is 3.59. The molecule has 7 aliphatic rings. The van der Waals surface area contributed by atoms with Crippen LogP contribution in [0.4, 0.5) is 0 Å². The summed E-state index contributed by atoms with van der Waals surface area (Å²) in [7, 11) is 1.69. The van der Waals surface area contributed by atoms with E-state index in [2.05, 4.69) is 26.3 Å². The predicted octanol–water partition coefficient (Wildman–Crippen LogP) is 4.99. The van der Waals surface area contributed by atoms with Crippen LogP contribution in [0.15, 0.2) is 48.6 Å². The summed E-state index contributed by atoms with van der Waals surface area (Å²) in [6.07, 6.45) is 4.13. The van der Waals surface area contributed by atoms with Crippen molar-refractivity contribution in [2.75, 3.05) is 7.11 Å². The van der Waals surface area contributed by atoms with Gasteiger partial charge in [0.15, 0.2) is 0 Å². The molecule has 0 radical (unpaired) electrons. The van der Waals surface area contributed by atoms with Gasteiger partial charge in [0, 0.05) is 48.3 Å². The van der Waals surface area contributed by atoms with Gasteiger partial charge in [-0.1, -0.05) is 37.5 Å². The van der Waals surface area contributed by atoms with Gasteiger partial charge < -0.3 is 17.3 Å². The first-order chi connectivity index (χ1) is 18.6. The molecule has 208 valence electrons. The van der Waals surface area contributed by atoms with Gasteiger partial charge >= 0.3 is 11.9 Å². The summed E-state index contributed by atoms with van der Waals surface area (Å²) < 4.78 is 25.4. The zero-order valence-corrected chi connectivity index (χ0v) is 24.5. The number of halogens is 1. The molecule has 7 nitrogen and oxygen atoms in total. The number of carbonyl (C=O) groups excluding carboxylic acids is 3. The molecular formula is C31H35IO7. The summed E-state index contributed by atoms with van der Waals surface area (Å²) in [5.74, 6) is -1.52. The molecule has 2 heterocycles. The van der Waals surface area contributed by atoms with Gasteiger partial charge in [0.2, 0.25) is 0 Å². The van der Waals surface area contributed by atoms with Gasteiger partial charge in [-0.3, -0.25) is 4.79 Å². The van der Waals surface area contributed by atoms with Crippen LogP contribution in [0, 0.1) is 40.9 Å². The molecule has 0 N–H and O–H groups in total. The number of fused-ring (bicyclic) bond motifs is 10. The molecule has 0 aromatic carbocycles. The number of hydrogen-bond donors (Lipinski definition) is 0. The SMILES string of the molecule is C=C1CC[C@H]2C(=C)C(=O)O[C@@H]2C2[C@H]1CC(=O)[C@]21CC[C@]2(OI)[C@@H]3[C@H]4OC(=O)C(=C)[C@@H]4CCC(=C)[C@@H]3C[C@@]21OC. The quantitative estimate of drug-likeness (QED) is 0.181. The third-order valence-electron chi connectivity index (χ3n) is 12.2. The molecule has 7 fully saturated rings. The second-order valence-corrected chi connectivity index (χ2v) is 13.4. The zero-order chi connectivity index (χ0) is 27.6. The fourth-order valence-corrected chi connectivity index (χ4v) is 11.5. The minimum Gasteiger partial charge on any atom is -0.458 e. The van der Waals surface area contributed by atoms with Gasteiger partial charge in [-0.15, -0.1) is 0 Å². The van der Waals surface area contributed by atoms with Crippen LogP contribution in [-0.2, 0) is 31.7 Å². The molecule has 39 heavy (non-hydrogen) atoms. The number of ketones is 1. The van der Waals surface area contributed by atoms with Gasteiger partial charge in [0.25, 0.3) is 0 Å². The van der Waals surface area contributed by atoms with Gasteiger partial charge in [-0.05, 0) is 56.8 Å². The van der Waals surface area contributed by atoms with E-state index < -0.39 is 28.8 Å². The van der Waals surface area contributed by atoms with Crippen molar-refractivity contribution in [3.05, 3.63) is 48.6 Å². The van der Waals surface area contributed by atoms with Crippen molar-refractivity contribution in [1.29, 1.82) is 0 Å². The number of Topliss-reactive ketones (excluding diaryl/α,β-unsaturated/α-hetero) is 1. The van der Waals surface area contributed by atoms with Crippen LogP contribution < -0.4 is 0 Å². The van der Waals surface area contributed by atoms with Crippen LogP contribution in [0.5, 0.6) is 0 Å². The Kier molecular flexibility index (Phi) is 5.62. The summed E-state index contributed by atoms with van der Waals surface area (Å²) in [5.41, 5.74) is 0.267. The second kappa shape index (κ2) is 8.38. The molecule has 5 saturated carbocycles. The Hall–Kier alpha value is -1.78. The molecule has 0 amide bonds. The van der Waals surface area contributed by atoms with Crippen LogP contribution in [0.25, 0.3) is 0 Å². The number of rotatable bonds is 2. The second-order valence-electron chi connectivity index (χ2n) is 13.0. The zero-order valence-electron chi connectivity index (χ0n) is 22.3. The summed E-state index contributed by atoms with van der Waals surface area (Å²) >= 11 is 1.98. The maximum Gasteiger partial charge on any atom is 0.334 e. The van der Waals surface area contributed by atoms with Crippen molar-refractivity contribution in [2.45, 2.75) is 74.8 Å². The van der Waals surface area contributed by atoms with Crippen LogP contribution in [0.2, 0.25) is 0 Å². The summed E-state index contributed by atoms with van der Waals surface area (Å²) in [5, 5.41) is 0. The first kappa shape index (κ1) is 26.1. The van der Waals surface area contributed by atoms with Crippen molar-refractivity contribution in [3.63, 3.8) is 0 Å². The molecule has 7 rings (SSSR count). The maximum atomic E-state index is 14.6. The topological polar surface area (TPSA) is 88.1 Å². The van der Waals surface area contributed by atoms with Gasteiger partial charge in [0.1, 0.15) is 52.2 Å². The predicted molar refractivity (Wildman–Crippen MR) is 149 cm³/mol. The van der Waals surface area contributed by atoms with E-state index in [1.54, 1.807) is 7.11 Å². The summed E-state index contributed by atoms with van der Waals surface area (Å²) in [6.45, 7) is 17.1. The van der Waals surface area contributed by atoms with Crippen molar-refractivity contribution in [1.82, 2.24) is 0 Å². The Labute approximate surface area is 243 Å². The van der Waals surface area contributed by atoms with E-state index in [0.717, 1.165) is 36.8 Å². The smallest absolute Gasteiger partial charge is 0.334 e. The fourth-order valence-electron chi connectivity index (χ4n) is 10.6. The standard InChI is InChI=1S/C31H35IO7/c1-14-6-8-18-16(3)27(34)37-25(18)23-20(14)12-22(33)29(23)10-11-30(39-32)24-21(13-31(29,30)36-5)15(2)7-9-19-17(4)28(35)38-26(19)24/h18-21,23-26H,1-4,6-13H2,5H3/t18-,19-,20-,21-,23?,24-,25-,26-,29+,30-,31-/m0/s1. The largest absolute Gasteiger partial charge is 0.458 e. The number of carbonyl (C=O) groups is 3. The molecule has 0 aromatic rings. The van der Waals surface area contributed by atoms with E-state index in [4.69, 9.17) is 17.3 Å². The molecule has 0 bridgehead atoms. The molecule has 1 spiro atoms. The monoisotopic (exact) mass is 646 g/mol. The van der Waals surface area contributed by atoms with Crippen LogP contribution in [0.1, 0.15) is 51.4 Å². The third-order valence-corrected chi connectivity index (χ3v) is 13.0. The number of hydrogen-bond acceptors (Lipinski definition) is 7. The van der Waals surface area contributed by atoms with Crippen molar-refractivity contribution < 1.29 is 31.7 Å². The van der Waals surface area contributed by atoms with Crippen molar-refractivity contribution in [2.24, 2.45) is 40.9 Å². The molecule has 8 heteroatoms. The van der Waals surface area contributed by atoms with E-state index >= 15 is 0 Å². The van der Waals surface area contributed by atoms with Crippen LogP contribution in [-0.4, -0.2) is 48.2 Å². The van der Waals surface area contributed by atoms with Gasteiger partial charge in [-0.2, -0.15) is 0 Å². The Morgan fingerprint density at radius 1 is 0.821 bits per heavy atom. The van der Waals surface area contributed by atoms with E-state index in [0.29, 0.717) is 36.8 Å². The van der Waals surface area contributed by atoms with E-state index in [1.165, 1.54) is 0 Å². The Balaban J connectivity index is 1.43. The lowest BCUT2D eigenvalue weighted by molar-refractivity contribution is -0.201. The minimum atomic E-state index is -1.01. The van der Waals surface area contributed by atoms with Gasteiger partial charge in [0.05, 0.1) is 5.41 Å². The minimum absolute atomic E-state index is 0.0525. The van der Waals surface area contributed by atoms with Crippen molar-refractivity contribution >= 4 is 40.7 Å². The number of methoxy groups -OCH3 is 1. The molecular weight excluding hydrogens is 611 g/mol. The lowest BCUT2D eigenvalue weighted by Gasteiger charge is -2.51. The fraction of sp³-hybridized carbons (Fsp3) is 0.645. The lowest BCUT2D eigenvalue weighted by Crippen LogP contribution is -2.64. The first-order valence-corrected chi connectivity index (χ1v) is 15.0. The van der Waals surface area contributed by atoms with E-state index in [-0.39, 0.29) is 53.2 Å². The lowest BCUT2D eigenvalue weighted by atomic mass is 9.59. The normalized spacial score (nSPS) is 50.3. The molecule has 0 aromatic heterocycles. The number of esters is 2. The Bertz CT molecular complexity index is 1270. The summed E-state index contributed by atoms with van der Waals surface area (Å²) in [6, 6.07) is 0. The molecule has 2 saturated heterocycles. The van der Waals surface area contributed by atoms with Crippen molar-refractivity contribution in [3.8, 4) is 0 Å². The number of ether oxygens (including phenoxy) is 3. The summed E-state index contributed by atoms with van der Waals surface area (Å²) in [4.78, 5) is 40.2. The highest BCUT2D eigenvalue weighted by molar-refractivity contribution is 14.1. The molecule has 11 atom stereocenters. The van der Waals surface area contributed by atoms with Crippen LogP contribution in [0.3, 0.4) is 0 Å². The molecule has 2 aliphatic heterocycles. The Morgan fingerprint density at radius 2 is 1.38 bits per heavy atom. The highest BCUT2D eigenvalue weighted by atomic mass is 127. The Morgan fingerprint density at radius 3 is 1.95 bits per heavy atom. The molecule has 5 aliphatic carbocycles. The number of allylic oxidation sites excluding steroid dienone is 2. The highest BCUT2D eigenvalue weighted by Gasteiger charge is 2.85. The highest BCUT2D eigenvalue weighted by Crippen LogP contribution is 2.76. The van der Waals surface area contributed by atoms with E-state index in [9.17, 15) is 14.4 Å². The van der Waals surface area contributed by atoms with Gasteiger partial charge in [-0.25, -0.2) is 9.59 Å². The maximum absolute atomic E-state index is 14.6. The van der Waals surface area contributed by atoms with E-state index in [1.807, 2.05) is 23.0 Å².